The topological polar surface area (TPSA) is 58.2 Å². The van der Waals surface area contributed by atoms with Crippen molar-refractivity contribution < 1.29 is 8.42 Å². The van der Waals surface area contributed by atoms with Crippen molar-refractivity contribution in [2.75, 3.05) is 13.6 Å². The Labute approximate surface area is 124 Å². The average molecular weight is 349 g/mol. The molecule has 6 heteroatoms. The van der Waals surface area contributed by atoms with Crippen molar-refractivity contribution >= 4 is 26.0 Å². The zero-order valence-corrected chi connectivity index (χ0v) is 13.9. The number of benzene rings is 1. The van der Waals surface area contributed by atoms with Gasteiger partial charge in [0.15, 0.2) is 0 Å². The molecule has 0 fully saturated rings. The molecule has 1 rings (SSSR count). The maximum atomic E-state index is 12.2. The van der Waals surface area contributed by atoms with Crippen LogP contribution in [0.15, 0.2) is 27.6 Å². The van der Waals surface area contributed by atoms with Crippen LogP contribution in [0, 0.1) is 5.92 Å². The summed E-state index contributed by atoms with van der Waals surface area (Å²) < 4.78 is 27.6. The van der Waals surface area contributed by atoms with Crippen molar-refractivity contribution in [3.8, 4) is 0 Å². The van der Waals surface area contributed by atoms with E-state index < -0.39 is 10.0 Å². The summed E-state index contributed by atoms with van der Waals surface area (Å²) in [6, 6.07) is 5.28. The van der Waals surface area contributed by atoms with E-state index >= 15 is 0 Å². The van der Waals surface area contributed by atoms with Crippen LogP contribution in [-0.2, 0) is 16.6 Å². The first-order valence-corrected chi connectivity index (χ1v) is 8.61. The van der Waals surface area contributed by atoms with Gasteiger partial charge in [-0.25, -0.2) is 13.1 Å². The lowest BCUT2D eigenvalue weighted by Crippen LogP contribution is -2.28. The number of rotatable bonds is 7. The van der Waals surface area contributed by atoms with Gasteiger partial charge in [-0.3, -0.25) is 0 Å². The van der Waals surface area contributed by atoms with Crippen LogP contribution in [0.2, 0.25) is 0 Å². The Bertz CT molecular complexity index is 517. The van der Waals surface area contributed by atoms with Crippen LogP contribution in [0.5, 0.6) is 0 Å². The largest absolute Gasteiger partial charge is 0.316 e. The van der Waals surface area contributed by atoms with Gasteiger partial charge in [0.25, 0.3) is 0 Å². The van der Waals surface area contributed by atoms with Crippen molar-refractivity contribution in [3.63, 3.8) is 0 Å². The number of sulfonamides is 1. The molecule has 2 N–H and O–H groups in total. The SMILES string of the molecule is CCC(C)CNS(=O)(=O)c1ccc(CNC)cc1Br. The maximum absolute atomic E-state index is 12.2. The molecule has 0 aliphatic heterocycles. The minimum atomic E-state index is -3.45. The predicted octanol–water partition coefficient (Wildman–Crippen LogP) is 2.49. The molecule has 0 saturated heterocycles. The summed E-state index contributed by atoms with van der Waals surface area (Å²) >= 11 is 3.33. The number of halogens is 1. The Kier molecular flexibility index (Phi) is 6.46. The zero-order chi connectivity index (χ0) is 14.5. The van der Waals surface area contributed by atoms with E-state index in [4.69, 9.17) is 0 Å². The lowest BCUT2D eigenvalue weighted by Gasteiger charge is -2.12. The monoisotopic (exact) mass is 348 g/mol. The van der Waals surface area contributed by atoms with E-state index in [1.54, 1.807) is 6.07 Å². The minimum absolute atomic E-state index is 0.288. The van der Waals surface area contributed by atoms with E-state index in [1.165, 1.54) is 0 Å². The van der Waals surface area contributed by atoms with Crippen LogP contribution in [0.25, 0.3) is 0 Å². The smallest absolute Gasteiger partial charge is 0.241 e. The lowest BCUT2D eigenvalue weighted by molar-refractivity contribution is 0.528. The summed E-state index contributed by atoms with van der Waals surface area (Å²) in [5, 5.41) is 3.03. The molecule has 0 aliphatic carbocycles. The maximum Gasteiger partial charge on any atom is 0.241 e. The molecule has 1 unspecified atom stereocenters. The summed E-state index contributed by atoms with van der Waals surface area (Å²) in [7, 11) is -1.59. The second-order valence-corrected chi connectivity index (χ2v) is 7.25. The highest BCUT2D eigenvalue weighted by molar-refractivity contribution is 9.10. The standard InChI is InChI=1S/C13H21BrN2O2S/c1-4-10(2)8-16-19(17,18)13-6-5-11(9-15-3)7-12(13)14/h5-7,10,15-16H,4,8-9H2,1-3H3. The lowest BCUT2D eigenvalue weighted by atomic mass is 10.1. The van der Waals surface area contributed by atoms with Gasteiger partial charge in [-0.1, -0.05) is 26.3 Å². The zero-order valence-electron chi connectivity index (χ0n) is 11.5. The van der Waals surface area contributed by atoms with E-state index in [-0.39, 0.29) is 4.90 Å². The van der Waals surface area contributed by atoms with Gasteiger partial charge in [0.05, 0.1) is 4.90 Å². The number of nitrogens with one attached hydrogen (secondary N) is 2. The van der Waals surface area contributed by atoms with E-state index in [0.717, 1.165) is 12.0 Å². The molecule has 1 atom stereocenters. The molecule has 0 heterocycles. The molecule has 0 aliphatic rings. The second kappa shape index (κ2) is 7.38. The molecule has 1 aromatic rings. The Morgan fingerprint density at radius 2 is 2.05 bits per heavy atom. The van der Waals surface area contributed by atoms with E-state index in [1.807, 2.05) is 33.0 Å². The molecule has 108 valence electrons. The molecule has 0 saturated carbocycles. The normalized spacial score (nSPS) is 13.5. The Morgan fingerprint density at radius 1 is 1.37 bits per heavy atom. The highest BCUT2D eigenvalue weighted by Crippen LogP contribution is 2.23. The quantitative estimate of drug-likeness (QED) is 0.795. The molecule has 0 aromatic heterocycles. The Morgan fingerprint density at radius 3 is 2.58 bits per heavy atom. The molecule has 1 aromatic carbocycles. The molecular formula is C13H21BrN2O2S. The summed E-state index contributed by atoms with van der Waals surface area (Å²) in [6.07, 6.45) is 0.949. The van der Waals surface area contributed by atoms with Crippen molar-refractivity contribution in [3.05, 3.63) is 28.2 Å². The van der Waals surface area contributed by atoms with Gasteiger partial charge >= 0.3 is 0 Å². The molecular weight excluding hydrogens is 328 g/mol. The molecule has 4 nitrogen and oxygen atoms in total. The summed E-state index contributed by atoms with van der Waals surface area (Å²) in [5.74, 6) is 0.331. The first-order chi connectivity index (χ1) is 8.90. The Balaban J connectivity index is 2.89. The van der Waals surface area contributed by atoms with Crippen LogP contribution in [0.4, 0.5) is 0 Å². The van der Waals surface area contributed by atoms with E-state index in [2.05, 4.69) is 26.0 Å². The van der Waals surface area contributed by atoms with Gasteiger partial charge in [0, 0.05) is 17.6 Å². The first kappa shape index (κ1) is 16.6. The van der Waals surface area contributed by atoms with Crippen LogP contribution >= 0.6 is 15.9 Å². The third-order valence-corrected chi connectivity index (χ3v) is 5.39. The van der Waals surface area contributed by atoms with Crippen molar-refractivity contribution in [2.24, 2.45) is 5.92 Å². The van der Waals surface area contributed by atoms with Crippen LogP contribution < -0.4 is 10.0 Å². The van der Waals surface area contributed by atoms with Crippen molar-refractivity contribution in [2.45, 2.75) is 31.7 Å². The fraction of sp³-hybridized carbons (Fsp3) is 0.538. The van der Waals surface area contributed by atoms with Crippen molar-refractivity contribution in [1.29, 1.82) is 0 Å². The highest BCUT2D eigenvalue weighted by atomic mass is 79.9. The van der Waals surface area contributed by atoms with E-state index in [9.17, 15) is 8.42 Å². The summed E-state index contributed by atoms with van der Waals surface area (Å²) in [6.45, 7) is 5.23. The highest BCUT2D eigenvalue weighted by Gasteiger charge is 2.18. The summed E-state index contributed by atoms with van der Waals surface area (Å²) in [4.78, 5) is 0.288. The molecule has 0 amide bonds. The molecule has 19 heavy (non-hydrogen) atoms. The van der Waals surface area contributed by atoms with Crippen LogP contribution in [-0.4, -0.2) is 22.0 Å². The third-order valence-electron chi connectivity index (χ3n) is 2.99. The van der Waals surface area contributed by atoms with Crippen LogP contribution in [0.3, 0.4) is 0 Å². The number of hydrogen-bond acceptors (Lipinski definition) is 3. The van der Waals surface area contributed by atoms with Gasteiger partial charge < -0.3 is 5.32 Å². The first-order valence-electron chi connectivity index (χ1n) is 6.33. The molecule has 0 bridgehead atoms. The average Bonchev–Trinajstić information content (AvgIpc) is 2.36. The van der Waals surface area contributed by atoms with Gasteiger partial charge in [-0.05, 0) is 46.6 Å². The predicted molar refractivity (Wildman–Crippen MR) is 81.5 cm³/mol. The molecule has 0 spiro atoms. The van der Waals surface area contributed by atoms with Gasteiger partial charge in [-0.2, -0.15) is 0 Å². The second-order valence-electron chi connectivity index (χ2n) is 4.66. The van der Waals surface area contributed by atoms with Gasteiger partial charge in [-0.15, -0.1) is 0 Å². The third kappa shape index (κ3) is 4.87. The van der Waals surface area contributed by atoms with Crippen molar-refractivity contribution in [1.82, 2.24) is 10.0 Å². The summed E-state index contributed by atoms with van der Waals surface area (Å²) in [5.41, 5.74) is 1.04. The Hall–Kier alpha value is -0.430. The number of hydrogen-bond donors (Lipinski definition) is 2. The fourth-order valence-electron chi connectivity index (χ4n) is 1.55. The molecule has 0 radical (unpaired) electrons. The van der Waals surface area contributed by atoms with Gasteiger partial charge in [0.1, 0.15) is 0 Å². The minimum Gasteiger partial charge on any atom is -0.316 e. The van der Waals surface area contributed by atoms with Gasteiger partial charge in [0.2, 0.25) is 10.0 Å². The van der Waals surface area contributed by atoms with Crippen LogP contribution in [0.1, 0.15) is 25.8 Å². The van der Waals surface area contributed by atoms with E-state index in [0.29, 0.717) is 23.5 Å². The fourth-order valence-corrected chi connectivity index (χ4v) is 3.84.